The van der Waals surface area contributed by atoms with Crippen molar-refractivity contribution in [3.63, 3.8) is 0 Å². The SMILES string of the molecule is CC1(C)C2=C(CC3C(=C2)Oc2ncccc23)c2ccc(-c3nc(-c4ccccc4)nc(-c4ccc5oc6ccccc6c5c4)n3)cc21. The summed E-state index contributed by atoms with van der Waals surface area (Å²) in [5.74, 6) is 3.84. The fraction of sp³-hybridized carbons (Fsp3) is 0.122. The standard InChI is InChI=1S/C41H28N4O2/c1-41(2)32-20-25(14-16-26(32)29-21-31-28-12-8-18-42-40(28)47-36(31)22-33(29)41)39-44-37(23-9-4-3-5-10-23)43-38(45-39)24-15-17-35-30(19-24)27-11-6-7-13-34(27)46-35/h3-20,22,31H,21H2,1-2H3. The molecule has 0 radical (unpaired) electrons. The number of hydrogen-bond donors (Lipinski definition) is 0. The molecule has 4 heterocycles. The van der Waals surface area contributed by atoms with Gasteiger partial charge in [0.15, 0.2) is 17.5 Å². The Bertz CT molecular complexity index is 2510. The van der Waals surface area contributed by atoms with Crippen LogP contribution in [0.25, 0.3) is 61.7 Å². The lowest BCUT2D eigenvalue weighted by atomic mass is 9.77. The molecule has 224 valence electrons. The van der Waals surface area contributed by atoms with Crippen molar-refractivity contribution in [3.05, 3.63) is 143 Å². The summed E-state index contributed by atoms with van der Waals surface area (Å²) < 4.78 is 12.3. The molecule has 0 amide bonds. The van der Waals surface area contributed by atoms with Gasteiger partial charge in [0.25, 0.3) is 0 Å². The third-order valence-electron chi connectivity index (χ3n) is 10.0. The first kappa shape index (κ1) is 26.3. The quantitative estimate of drug-likeness (QED) is 0.199. The lowest BCUT2D eigenvalue weighted by molar-refractivity contribution is 0.410. The third-order valence-corrected chi connectivity index (χ3v) is 10.0. The summed E-state index contributed by atoms with van der Waals surface area (Å²) >= 11 is 0. The topological polar surface area (TPSA) is 73.9 Å². The Labute approximate surface area is 271 Å². The van der Waals surface area contributed by atoms with Gasteiger partial charge in [0.1, 0.15) is 16.9 Å². The first-order valence-electron chi connectivity index (χ1n) is 16.0. The molecule has 0 N–H and O–H groups in total. The van der Waals surface area contributed by atoms with E-state index in [0.29, 0.717) is 17.5 Å². The summed E-state index contributed by atoms with van der Waals surface area (Å²) in [6.07, 6.45) is 4.95. The van der Waals surface area contributed by atoms with Gasteiger partial charge in [-0.2, -0.15) is 0 Å². The molecule has 0 saturated heterocycles. The molecule has 10 rings (SSSR count). The summed E-state index contributed by atoms with van der Waals surface area (Å²) in [6.45, 7) is 4.60. The van der Waals surface area contributed by atoms with E-state index < -0.39 is 0 Å². The smallest absolute Gasteiger partial charge is 0.222 e. The number of furan rings is 1. The molecule has 0 bridgehead atoms. The van der Waals surface area contributed by atoms with Crippen LogP contribution in [0.3, 0.4) is 0 Å². The summed E-state index contributed by atoms with van der Waals surface area (Å²) in [4.78, 5) is 19.6. The zero-order chi connectivity index (χ0) is 31.3. The number of benzene rings is 4. The van der Waals surface area contributed by atoms with Crippen LogP contribution in [0, 0.1) is 0 Å². The van der Waals surface area contributed by atoms with Gasteiger partial charge >= 0.3 is 0 Å². The number of ether oxygens (including phenoxy) is 1. The van der Waals surface area contributed by atoms with Gasteiger partial charge < -0.3 is 9.15 Å². The van der Waals surface area contributed by atoms with Gasteiger partial charge in [0, 0.05) is 44.6 Å². The summed E-state index contributed by atoms with van der Waals surface area (Å²) in [5, 5.41) is 2.11. The molecule has 1 atom stereocenters. The average molecular weight is 609 g/mol. The predicted molar refractivity (Wildman–Crippen MR) is 184 cm³/mol. The molecule has 3 aliphatic rings. The maximum Gasteiger partial charge on any atom is 0.222 e. The van der Waals surface area contributed by atoms with Crippen LogP contribution in [0.2, 0.25) is 0 Å². The zero-order valence-corrected chi connectivity index (χ0v) is 25.9. The fourth-order valence-corrected chi connectivity index (χ4v) is 7.61. The van der Waals surface area contributed by atoms with E-state index in [0.717, 1.165) is 56.7 Å². The van der Waals surface area contributed by atoms with Gasteiger partial charge in [-0.1, -0.05) is 80.6 Å². The molecule has 6 nitrogen and oxygen atoms in total. The van der Waals surface area contributed by atoms with Crippen LogP contribution in [0.1, 0.15) is 42.9 Å². The van der Waals surface area contributed by atoms with E-state index in [4.69, 9.17) is 24.1 Å². The molecule has 3 aromatic heterocycles. The van der Waals surface area contributed by atoms with E-state index in [2.05, 4.69) is 61.3 Å². The molecule has 4 aromatic carbocycles. The van der Waals surface area contributed by atoms with E-state index >= 15 is 0 Å². The first-order chi connectivity index (χ1) is 23.0. The highest BCUT2D eigenvalue weighted by atomic mass is 16.5. The van der Waals surface area contributed by atoms with Crippen molar-refractivity contribution in [2.24, 2.45) is 0 Å². The van der Waals surface area contributed by atoms with Gasteiger partial charge in [-0.05, 0) is 71.2 Å². The Morgan fingerprint density at radius 3 is 2.26 bits per heavy atom. The van der Waals surface area contributed by atoms with Crippen LogP contribution in [0.4, 0.5) is 0 Å². The maximum atomic E-state index is 6.24. The molecule has 0 spiro atoms. The zero-order valence-electron chi connectivity index (χ0n) is 25.9. The number of rotatable bonds is 3. The van der Waals surface area contributed by atoms with Crippen LogP contribution in [0.5, 0.6) is 5.88 Å². The second kappa shape index (κ2) is 9.56. The van der Waals surface area contributed by atoms with Crippen molar-refractivity contribution in [3.8, 4) is 40.0 Å². The van der Waals surface area contributed by atoms with Crippen molar-refractivity contribution in [1.29, 1.82) is 0 Å². The van der Waals surface area contributed by atoms with E-state index in [1.54, 1.807) is 6.20 Å². The van der Waals surface area contributed by atoms with E-state index in [1.807, 2.05) is 66.7 Å². The minimum absolute atomic E-state index is 0.197. The van der Waals surface area contributed by atoms with Crippen LogP contribution in [-0.2, 0) is 5.41 Å². The second-order valence-corrected chi connectivity index (χ2v) is 13.1. The summed E-state index contributed by atoms with van der Waals surface area (Å²) in [5.41, 5.74) is 10.7. The van der Waals surface area contributed by atoms with Gasteiger partial charge in [-0.25, -0.2) is 19.9 Å². The molecular formula is C41H28N4O2. The second-order valence-electron chi connectivity index (χ2n) is 13.1. The molecule has 2 aliphatic carbocycles. The first-order valence-corrected chi connectivity index (χ1v) is 16.0. The van der Waals surface area contributed by atoms with Crippen molar-refractivity contribution in [1.82, 2.24) is 19.9 Å². The van der Waals surface area contributed by atoms with Gasteiger partial charge in [0.2, 0.25) is 5.88 Å². The Hall–Kier alpha value is -5.88. The van der Waals surface area contributed by atoms with Crippen molar-refractivity contribution in [2.45, 2.75) is 31.6 Å². The number of nitrogens with zero attached hydrogens (tertiary/aromatic N) is 4. The van der Waals surface area contributed by atoms with Gasteiger partial charge in [-0.3, -0.25) is 0 Å². The molecule has 6 heteroatoms. The Balaban J connectivity index is 1.10. The minimum Gasteiger partial charge on any atom is -0.456 e. The van der Waals surface area contributed by atoms with E-state index in [-0.39, 0.29) is 11.3 Å². The highest BCUT2D eigenvalue weighted by Gasteiger charge is 2.44. The van der Waals surface area contributed by atoms with Crippen LogP contribution < -0.4 is 4.74 Å². The molecule has 1 aliphatic heterocycles. The number of para-hydroxylation sites is 1. The van der Waals surface area contributed by atoms with Crippen molar-refractivity contribution in [2.75, 3.05) is 0 Å². The van der Waals surface area contributed by atoms with E-state index in [9.17, 15) is 0 Å². The predicted octanol–water partition coefficient (Wildman–Crippen LogP) is 9.68. The van der Waals surface area contributed by atoms with Crippen LogP contribution >= 0.6 is 0 Å². The van der Waals surface area contributed by atoms with Gasteiger partial charge in [-0.15, -0.1) is 0 Å². The fourth-order valence-electron chi connectivity index (χ4n) is 7.61. The molecular weight excluding hydrogens is 580 g/mol. The lowest BCUT2D eigenvalue weighted by Gasteiger charge is -2.26. The number of aromatic nitrogens is 4. The highest BCUT2D eigenvalue weighted by Crippen LogP contribution is 2.56. The third kappa shape index (κ3) is 3.91. The summed E-state index contributed by atoms with van der Waals surface area (Å²) in [7, 11) is 0. The highest BCUT2D eigenvalue weighted by molar-refractivity contribution is 6.06. The molecule has 0 fully saturated rings. The molecule has 0 saturated carbocycles. The normalized spacial score (nSPS) is 17.2. The van der Waals surface area contributed by atoms with Crippen LogP contribution in [-0.4, -0.2) is 19.9 Å². The number of hydrogen-bond acceptors (Lipinski definition) is 6. The molecule has 47 heavy (non-hydrogen) atoms. The Morgan fingerprint density at radius 2 is 1.40 bits per heavy atom. The summed E-state index contributed by atoms with van der Waals surface area (Å²) in [6, 6.07) is 35.2. The largest absolute Gasteiger partial charge is 0.456 e. The number of allylic oxidation sites excluding steroid dienone is 4. The van der Waals surface area contributed by atoms with Crippen molar-refractivity contribution < 1.29 is 9.15 Å². The molecule has 7 aromatic rings. The Kier molecular flexibility index (Phi) is 5.36. The minimum atomic E-state index is -0.213. The monoisotopic (exact) mass is 608 g/mol. The van der Waals surface area contributed by atoms with Gasteiger partial charge in [0.05, 0.1) is 5.92 Å². The molecule has 1 unspecified atom stereocenters. The number of fused-ring (bicyclic) bond motifs is 8. The van der Waals surface area contributed by atoms with Crippen molar-refractivity contribution >= 4 is 27.5 Å². The average Bonchev–Trinajstić information content (AvgIpc) is 3.74. The lowest BCUT2D eigenvalue weighted by Crippen LogP contribution is -2.18. The number of pyridine rings is 1. The maximum absolute atomic E-state index is 6.24. The Morgan fingerprint density at radius 1 is 0.681 bits per heavy atom. The van der Waals surface area contributed by atoms with E-state index in [1.165, 1.54) is 27.8 Å². The van der Waals surface area contributed by atoms with Crippen LogP contribution in [0.15, 0.2) is 131 Å².